The van der Waals surface area contributed by atoms with Crippen LogP contribution in [0, 0.1) is 0 Å². The van der Waals surface area contributed by atoms with Gasteiger partial charge in [0.05, 0.1) is 17.7 Å². The average molecular weight is 492 g/mol. The van der Waals surface area contributed by atoms with Crippen LogP contribution >= 0.6 is 11.8 Å². The molecule has 4 rings (SSSR count). The maximum atomic E-state index is 13.2. The van der Waals surface area contributed by atoms with Crippen molar-refractivity contribution in [2.24, 2.45) is 0 Å². The first-order valence-corrected chi connectivity index (χ1v) is 14.3. The van der Waals surface area contributed by atoms with E-state index in [9.17, 15) is 18.0 Å². The van der Waals surface area contributed by atoms with Gasteiger partial charge < -0.3 is 9.64 Å². The molecule has 178 valence electrons. The fraction of sp³-hybridized carbons (Fsp3) is 0.522. The Morgan fingerprint density at radius 2 is 1.85 bits per heavy atom. The number of amides is 1. The summed E-state index contributed by atoms with van der Waals surface area (Å²) in [5.41, 5.74) is 1.02. The van der Waals surface area contributed by atoms with Crippen molar-refractivity contribution in [2.75, 3.05) is 24.4 Å². The van der Waals surface area contributed by atoms with Gasteiger partial charge in [-0.3, -0.25) is 9.36 Å². The second-order valence-corrected chi connectivity index (χ2v) is 11.5. The smallest absolute Gasteiger partial charge is 0.357 e. The van der Waals surface area contributed by atoms with Gasteiger partial charge in [0.25, 0.3) is 5.91 Å². The molecule has 33 heavy (non-hydrogen) atoms. The zero-order chi connectivity index (χ0) is 23.4. The minimum atomic E-state index is -3.14. The molecule has 1 aliphatic heterocycles. The number of aromatic nitrogens is 2. The Morgan fingerprint density at radius 1 is 1.12 bits per heavy atom. The van der Waals surface area contributed by atoms with Crippen LogP contribution in [0.1, 0.15) is 49.0 Å². The van der Waals surface area contributed by atoms with Crippen LogP contribution in [0.4, 0.5) is 0 Å². The van der Waals surface area contributed by atoms with Crippen molar-refractivity contribution in [1.82, 2.24) is 14.5 Å². The molecule has 0 bridgehead atoms. The highest BCUT2D eigenvalue weighted by atomic mass is 32.2. The number of nitrogens with zero attached hydrogens (tertiary/aromatic N) is 3. The molecule has 1 aliphatic carbocycles. The maximum Gasteiger partial charge on any atom is 0.357 e. The molecular formula is C23H29N3O5S2. The number of para-hydroxylation sites is 1. The Hall–Kier alpha value is -2.33. The van der Waals surface area contributed by atoms with Gasteiger partial charge in [0.2, 0.25) is 0 Å². The minimum Gasteiger partial charge on any atom is -0.451 e. The third-order valence-corrected chi connectivity index (χ3v) is 8.72. The van der Waals surface area contributed by atoms with Gasteiger partial charge in [-0.1, -0.05) is 49.2 Å². The summed E-state index contributed by atoms with van der Waals surface area (Å²) < 4.78 is 31.3. The second-order valence-electron chi connectivity index (χ2n) is 8.53. The monoisotopic (exact) mass is 491 g/mol. The zero-order valence-corrected chi connectivity index (χ0v) is 20.3. The summed E-state index contributed by atoms with van der Waals surface area (Å²) in [5, 5.41) is 0.638. The lowest BCUT2D eigenvalue weighted by atomic mass is 9.93. The molecule has 8 nitrogen and oxygen atoms in total. The van der Waals surface area contributed by atoms with E-state index in [1.165, 1.54) is 18.0 Å². The molecule has 1 atom stereocenters. The molecule has 1 saturated carbocycles. The number of carbonyl (C=O) groups is 2. The standard InChI is InChI=1S/C23H29N3O5S2/c1-32-23-24-14-20(26(23)18-10-6-3-7-11-18)22(28)31-15-21(27)25(17-8-4-2-5-9-17)19-12-13-33(29,30)16-19/h3,6-7,10-11,14,17,19H,2,4-5,8-9,12-13,15-16H2,1H3. The number of benzene rings is 1. The lowest BCUT2D eigenvalue weighted by molar-refractivity contribution is -0.140. The number of ether oxygens (including phenoxy) is 1. The zero-order valence-electron chi connectivity index (χ0n) is 18.7. The predicted molar refractivity (Wildman–Crippen MR) is 126 cm³/mol. The third kappa shape index (κ3) is 5.43. The van der Waals surface area contributed by atoms with E-state index in [2.05, 4.69) is 4.98 Å². The Kier molecular flexibility index (Phi) is 7.43. The molecule has 1 aromatic carbocycles. The van der Waals surface area contributed by atoms with Crippen molar-refractivity contribution >= 4 is 33.5 Å². The van der Waals surface area contributed by atoms with Gasteiger partial charge in [-0.15, -0.1) is 0 Å². The van der Waals surface area contributed by atoms with Crippen LogP contribution in [0.25, 0.3) is 5.69 Å². The van der Waals surface area contributed by atoms with E-state index >= 15 is 0 Å². The SMILES string of the molecule is CSc1ncc(C(=O)OCC(=O)N(C2CCCCC2)C2CCS(=O)(=O)C2)n1-c1ccccc1. The molecule has 2 aliphatic rings. The average Bonchev–Trinajstić information content (AvgIpc) is 3.42. The van der Waals surface area contributed by atoms with Gasteiger partial charge in [-0.2, -0.15) is 0 Å². The number of sulfone groups is 1. The van der Waals surface area contributed by atoms with Crippen molar-refractivity contribution < 1.29 is 22.7 Å². The highest BCUT2D eigenvalue weighted by molar-refractivity contribution is 7.98. The summed E-state index contributed by atoms with van der Waals surface area (Å²) in [6.07, 6.45) is 8.63. The molecular weight excluding hydrogens is 462 g/mol. The van der Waals surface area contributed by atoms with Crippen LogP contribution in [0.5, 0.6) is 0 Å². The van der Waals surface area contributed by atoms with E-state index < -0.39 is 22.4 Å². The lowest BCUT2D eigenvalue weighted by Gasteiger charge is -2.38. The van der Waals surface area contributed by atoms with Gasteiger partial charge in [-0.25, -0.2) is 18.2 Å². The third-order valence-electron chi connectivity index (χ3n) is 6.32. The van der Waals surface area contributed by atoms with E-state index in [-0.39, 0.29) is 35.2 Å². The largest absolute Gasteiger partial charge is 0.451 e. The molecule has 2 heterocycles. The Bertz CT molecular complexity index is 1090. The molecule has 10 heteroatoms. The van der Waals surface area contributed by atoms with Crippen molar-refractivity contribution in [3.8, 4) is 5.69 Å². The Morgan fingerprint density at radius 3 is 2.48 bits per heavy atom. The summed E-state index contributed by atoms with van der Waals surface area (Å²) in [5.74, 6) is -0.876. The van der Waals surface area contributed by atoms with Crippen molar-refractivity contribution in [3.63, 3.8) is 0 Å². The number of hydrogen-bond acceptors (Lipinski definition) is 7. The van der Waals surface area contributed by atoms with Gasteiger partial charge in [0.15, 0.2) is 27.3 Å². The number of carbonyl (C=O) groups excluding carboxylic acids is 2. The van der Waals surface area contributed by atoms with Crippen molar-refractivity contribution in [3.05, 3.63) is 42.2 Å². The molecule has 2 fully saturated rings. The Balaban J connectivity index is 1.50. The van der Waals surface area contributed by atoms with Crippen LogP contribution < -0.4 is 0 Å². The summed E-state index contributed by atoms with van der Waals surface area (Å²) in [4.78, 5) is 32.2. The quantitative estimate of drug-likeness (QED) is 0.433. The number of hydrogen-bond donors (Lipinski definition) is 0. The maximum absolute atomic E-state index is 13.2. The minimum absolute atomic E-state index is 0.00110. The van der Waals surface area contributed by atoms with Crippen LogP contribution in [-0.4, -0.2) is 71.2 Å². The van der Waals surface area contributed by atoms with Crippen LogP contribution in [0.2, 0.25) is 0 Å². The topological polar surface area (TPSA) is 98.6 Å². The van der Waals surface area contributed by atoms with E-state index in [1.807, 2.05) is 36.6 Å². The number of esters is 1. The van der Waals surface area contributed by atoms with Gasteiger partial charge in [0, 0.05) is 17.8 Å². The molecule has 1 unspecified atom stereocenters. The first-order valence-electron chi connectivity index (χ1n) is 11.3. The molecule has 1 saturated heterocycles. The van der Waals surface area contributed by atoms with Crippen LogP contribution in [-0.2, 0) is 19.4 Å². The molecule has 2 aromatic rings. The molecule has 0 spiro atoms. The van der Waals surface area contributed by atoms with Crippen molar-refractivity contribution in [1.29, 1.82) is 0 Å². The van der Waals surface area contributed by atoms with Crippen LogP contribution in [0.15, 0.2) is 41.7 Å². The van der Waals surface area contributed by atoms with Crippen molar-refractivity contribution in [2.45, 2.75) is 55.8 Å². The molecule has 1 amide bonds. The normalized spacial score (nSPS) is 20.5. The number of imidazole rings is 1. The molecule has 1 aromatic heterocycles. The highest BCUT2D eigenvalue weighted by Gasteiger charge is 2.38. The van der Waals surface area contributed by atoms with Gasteiger partial charge in [-0.05, 0) is 37.7 Å². The summed E-state index contributed by atoms with van der Waals surface area (Å²) in [6.45, 7) is -0.416. The number of thioether (sulfide) groups is 1. The highest BCUT2D eigenvalue weighted by Crippen LogP contribution is 2.29. The lowest BCUT2D eigenvalue weighted by Crippen LogP contribution is -2.50. The Labute approximate surface area is 198 Å². The molecule has 0 radical (unpaired) electrons. The fourth-order valence-electron chi connectivity index (χ4n) is 4.78. The fourth-order valence-corrected chi connectivity index (χ4v) is 7.04. The summed E-state index contributed by atoms with van der Waals surface area (Å²) in [6, 6.07) is 9.02. The van der Waals surface area contributed by atoms with E-state index in [0.29, 0.717) is 11.6 Å². The van der Waals surface area contributed by atoms with Gasteiger partial charge >= 0.3 is 5.97 Å². The first kappa shape index (κ1) is 23.8. The van der Waals surface area contributed by atoms with E-state index in [1.54, 1.807) is 9.47 Å². The first-order chi connectivity index (χ1) is 15.9. The van der Waals surface area contributed by atoms with E-state index in [0.717, 1.165) is 37.8 Å². The van der Waals surface area contributed by atoms with Gasteiger partial charge in [0.1, 0.15) is 0 Å². The summed E-state index contributed by atoms with van der Waals surface area (Å²) >= 11 is 1.41. The predicted octanol–water partition coefficient (Wildman–Crippen LogP) is 3.10. The van der Waals surface area contributed by atoms with Crippen LogP contribution in [0.3, 0.4) is 0 Å². The number of rotatable bonds is 7. The molecule has 0 N–H and O–H groups in total. The summed E-state index contributed by atoms with van der Waals surface area (Å²) in [7, 11) is -3.14. The second kappa shape index (κ2) is 10.3. The van der Waals surface area contributed by atoms with E-state index in [4.69, 9.17) is 4.74 Å².